The number of nitrogens with zero attached hydrogens (tertiary/aromatic N) is 4. The molecule has 0 aliphatic heterocycles. The molecule has 0 saturated heterocycles. The van der Waals surface area contributed by atoms with Crippen LogP contribution in [0.2, 0.25) is 0 Å². The first-order chi connectivity index (χ1) is 15.0. The minimum Gasteiger partial charge on any atom is -0.508 e. The van der Waals surface area contributed by atoms with Gasteiger partial charge in [-0.2, -0.15) is 0 Å². The van der Waals surface area contributed by atoms with E-state index in [4.69, 9.17) is 0 Å². The molecule has 4 N–H and O–H groups in total. The summed E-state index contributed by atoms with van der Waals surface area (Å²) in [5.74, 6) is -1.05. The molecule has 11 nitrogen and oxygen atoms in total. The molecule has 0 aliphatic rings. The van der Waals surface area contributed by atoms with Crippen LogP contribution in [0, 0.1) is 4.91 Å². The van der Waals surface area contributed by atoms with Crippen molar-refractivity contribution < 1.29 is 19.8 Å². The van der Waals surface area contributed by atoms with Gasteiger partial charge in [0.1, 0.15) is 28.2 Å². The first kappa shape index (κ1) is 19.5. The zero-order chi connectivity index (χ0) is 22.0. The van der Waals surface area contributed by atoms with Gasteiger partial charge in [-0.1, -0.05) is 0 Å². The lowest BCUT2D eigenvalue weighted by Gasteiger charge is -2.09. The molecule has 0 bridgehead atoms. The number of phenols is 2. The summed E-state index contributed by atoms with van der Waals surface area (Å²) in [6.45, 7) is 0. The molecule has 0 radical (unpaired) electrons. The second kappa shape index (κ2) is 7.91. The van der Waals surface area contributed by atoms with Crippen LogP contribution in [0.3, 0.4) is 0 Å². The highest BCUT2D eigenvalue weighted by Gasteiger charge is 2.18. The number of nitroso groups, excluding NO2 is 1. The van der Waals surface area contributed by atoms with Gasteiger partial charge in [-0.25, -0.2) is 0 Å². The molecule has 0 spiro atoms. The minimum absolute atomic E-state index is 0.00145. The highest BCUT2D eigenvalue weighted by Crippen LogP contribution is 2.29. The average Bonchev–Trinajstić information content (AvgIpc) is 3.23. The zero-order valence-corrected chi connectivity index (χ0v) is 15.7. The number of benzene rings is 3. The van der Waals surface area contributed by atoms with Gasteiger partial charge >= 0.3 is 0 Å². The molecule has 0 atom stereocenters. The van der Waals surface area contributed by atoms with Crippen molar-refractivity contribution in [1.82, 2.24) is 20.4 Å². The van der Waals surface area contributed by atoms with Crippen molar-refractivity contribution in [3.05, 3.63) is 76.7 Å². The van der Waals surface area contributed by atoms with E-state index < -0.39 is 11.8 Å². The molecule has 3 aromatic carbocycles. The van der Waals surface area contributed by atoms with E-state index in [0.717, 1.165) is 4.80 Å². The van der Waals surface area contributed by atoms with Crippen LogP contribution in [-0.4, -0.2) is 37.0 Å². The van der Waals surface area contributed by atoms with Gasteiger partial charge in [0.25, 0.3) is 11.8 Å². The largest absolute Gasteiger partial charge is 0.508 e. The lowest BCUT2D eigenvalue weighted by molar-refractivity contribution is 0.0926. The molecule has 1 aromatic heterocycles. The van der Waals surface area contributed by atoms with Crippen LogP contribution in [0.15, 0.2) is 65.8 Å². The first-order valence-corrected chi connectivity index (χ1v) is 8.89. The third-order valence-electron chi connectivity index (χ3n) is 4.35. The summed E-state index contributed by atoms with van der Waals surface area (Å²) in [4.78, 5) is 36.9. The highest BCUT2D eigenvalue weighted by molar-refractivity contribution is 6.01. The van der Waals surface area contributed by atoms with Crippen LogP contribution in [0.1, 0.15) is 20.7 Å². The molecule has 154 valence electrons. The number of hydrazine groups is 1. The molecular formula is C20H14N6O5. The summed E-state index contributed by atoms with van der Waals surface area (Å²) in [6.07, 6.45) is 0. The predicted octanol–water partition coefficient (Wildman–Crippen LogP) is 2.69. The van der Waals surface area contributed by atoms with Gasteiger partial charge in [0.2, 0.25) is 0 Å². The van der Waals surface area contributed by atoms with Crippen molar-refractivity contribution in [2.45, 2.75) is 0 Å². The average molecular weight is 418 g/mol. The van der Waals surface area contributed by atoms with Crippen molar-refractivity contribution in [3.8, 4) is 11.5 Å². The number of aromatic hydroxyl groups is 2. The number of carbonyl (C=O) groups excluding carboxylic acids is 2. The molecule has 1 heterocycles. The normalized spacial score (nSPS) is 10.6. The number of hydrogen-bond donors (Lipinski definition) is 4. The smallest absolute Gasteiger partial charge is 0.295 e. The third kappa shape index (κ3) is 3.87. The van der Waals surface area contributed by atoms with E-state index in [2.05, 4.69) is 26.2 Å². The van der Waals surface area contributed by atoms with Crippen LogP contribution < -0.4 is 10.9 Å². The second-order valence-corrected chi connectivity index (χ2v) is 6.39. The number of anilines is 1. The van der Waals surface area contributed by atoms with Crippen LogP contribution in [0.5, 0.6) is 11.5 Å². The summed E-state index contributed by atoms with van der Waals surface area (Å²) in [5, 5.41) is 29.8. The Kier molecular flexibility index (Phi) is 4.98. The Morgan fingerprint density at radius 2 is 1.39 bits per heavy atom. The maximum atomic E-state index is 12.7. The van der Waals surface area contributed by atoms with Crippen LogP contribution in [0.4, 0.5) is 11.4 Å². The monoisotopic (exact) mass is 418 g/mol. The van der Waals surface area contributed by atoms with E-state index in [9.17, 15) is 24.7 Å². The third-order valence-corrected chi connectivity index (χ3v) is 4.35. The summed E-state index contributed by atoms with van der Waals surface area (Å²) in [6, 6.07) is 14.0. The summed E-state index contributed by atoms with van der Waals surface area (Å²) >= 11 is 0. The topological polar surface area (TPSA) is 159 Å². The molecule has 31 heavy (non-hydrogen) atoms. The van der Waals surface area contributed by atoms with Crippen molar-refractivity contribution in [2.75, 3.05) is 5.43 Å². The van der Waals surface area contributed by atoms with Gasteiger partial charge in [-0.05, 0) is 65.8 Å². The Hall–Kier alpha value is -4.80. The van der Waals surface area contributed by atoms with Gasteiger partial charge in [-0.15, -0.1) is 19.9 Å². The maximum absolute atomic E-state index is 12.7. The Morgan fingerprint density at radius 3 is 2.00 bits per heavy atom. The van der Waals surface area contributed by atoms with E-state index in [1.807, 2.05) is 0 Å². The van der Waals surface area contributed by atoms with E-state index >= 15 is 0 Å². The fourth-order valence-corrected chi connectivity index (χ4v) is 2.77. The number of nitrogens with one attached hydrogen (secondary N) is 2. The number of phenolic OH excluding ortho intramolecular Hbond substituents is 2. The molecule has 11 heteroatoms. The highest BCUT2D eigenvalue weighted by atomic mass is 16.3. The molecule has 4 rings (SSSR count). The molecule has 0 saturated carbocycles. The van der Waals surface area contributed by atoms with Crippen LogP contribution in [-0.2, 0) is 0 Å². The van der Waals surface area contributed by atoms with Crippen molar-refractivity contribution >= 4 is 34.2 Å². The van der Waals surface area contributed by atoms with Crippen molar-refractivity contribution in [2.24, 2.45) is 5.18 Å². The van der Waals surface area contributed by atoms with Gasteiger partial charge in [0, 0.05) is 11.1 Å². The minimum atomic E-state index is -0.591. The SMILES string of the molecule is O=Nc1ccc(NNC(=O)c2ccc(O)cc2)c2nn(C(=O)c3ccc(O)cc3)nc12. The Bertz CT molecular complexity index is 1300. The fraction of sp³-hybridized carbons (Fsp3) is 0. The first-order valence-electron chi connectivity index (χ1n) is 8.89. The summed E-state index contributed by atoms with van der Waals surface area (Å²) < 4.78 is 0. The van der Waals surface area contributed by atoms with Crippen LogP contribution >= 0.6 is 0 Å². The fourth-order valence-electron chi connectivity index (χ4n) is 2.77. The number of amides is 1. The molecular weight excluding hydrogens is 404 g/mol. The molecule has 1 amide bonds. The number of aromatic nitrogens is 3. The Labute approximate surface area is 173 Å². The maximum Gasteiger partial charge on any atom is 0.295 e. The molecule has 0 unspecified atom stereocenters. The zero-order valence-electron chi connectivity index (χ0n) is 15.7. The quantitative estimate of drug-likeness (QED) is 0.284. The molecule has 0 fully saturated rings. The number of carbonyl (C=O) groups is 2. The Morgan fingerprint density at radius 1 is 0.806 bits per heavy atom. The van der Waals surface area contributed by atoms with Gasteiger partial charge in [-0.3, -0.25) is 20.4 Å². The van der Waals surface area contributed by atoms with Crippen molar-refractivity contribution in [3.63, 3.8) is 0 Å². The molecule has 4 aromatic rings. The number of hydrogen-bond acceptors (Lipinski definition) is 9. The van der Waals surface area contributed by atoms with Gasteiger partial charge in [0.15, 0.2) is 0 Å². The summed E-state index contributed by atoms with van der Waals surface area (Å²) in [7, 11) is 0. The predicted molar refractivity (Wildman–Crippen MR) is 110 cm³/mol. The second-order valence-electron chi connectivity index (χ2n) is 6.39. The van der Waals surface area contributed by atoms with Gasteiger partial charge < -0.3 is 10.2 Å². The van der Waals surface area contributed by atoms with Crippen LogP contribution in [0.25, 0.3) is 11.0 Å². The standard InChI is InChI=1S/C20H14N6O5/c27-13-5-1-11(2-6-13)19(29)22-21-15-9-10-16(25-31)18-17(15)23-26(24-18)20(30)12-3-7-14(28)8-4-12/h1-10,21,27-28H,(H,22,29). The Balaban J connectivity index is 1.64. The van der Waals surface area contributed by atoms with E-state index in [1.54, 1.807) is 0 Å². The van der Waals surface area contributed by atoms with Gasteiger partial charge in [0.05, 0.1) is 5.69 Å². The van der Waals surface area contributed by atoms with E-state index in [-0.39, 0.29) is 39.5 Å². The molecule has 0 aliphatic carbocycles. The van der Waals surface area contributed by atoms with Crippen molar-refractivity contribution in [1.29, 1.82) is 0 Å². The lowest BCUT2D eigenvalue weighted by atomic mass is 10.2. The lowest BCUT2D eigenvalue weighted by Crippen LogP contribution is -2.29. The number of rotatable bonds is 5. The summed E-state index contributed by atoms with van der Waals surface area (Å²) in [5.41, 5.74) is 6.10. The van der Waals surface area contributed by atoms with E-state index in [0.29, 0.717) is 5.56 Å². The van der Waals surface area contributed by atoms with E-state index in [1.165, 1.54) is 60.7 Å². The number of fused-ring (bicyclic) bond motifs is 1.